The van der Waals surface area contributed by atoms with Gasteiger partial charge in [-0.05, 0) is 68.5 Å². The highest BCUT2D eigenvalue weighted by Crippen LogP contribution is 2.41. The van der Waals surface area contributed by atoms with Gasteiger partial charge in [0.2, 0.25) is 5.91 Å². The molecule has 1 aromatic carbocycles. The van der Waals surface area contributed by atoms with Crippen molar-refractivity contribution in [2.45, 2.75) is 65.8 Å². The Kier molecular flexibility index (Phi) is 9.28. The van der Waals surface area contributed by atoms with Gasteiger partial charge in [0.15, 0.2) is 11.6 Å². The van der Waals surface area contributed by atoms with Crippen LogP contribution in [0.3, 0.4) is 0 Å². The van der Waals surface area contributed by atoms with Gasteiger partial charge in [0.05, 0.1) is 6.04 Å². The van der Waals surface area contributed by atoms with Crippen molar-refractivity contribution >= 4 is 17.8 Å². The standard InChI is InChI=1S/C25H31F4N3O4/c1-14(2)9-18(32-23(34)36-24(4,5)6)13-35-22-19(25(27,28)29)10-17(11-20(22)26)16-7-8-30-21(12-16)31-15(3)33/h7-8,10-12,14,18H,9,13H2,1-6H3,(H,32,34)(H,30,31,33)/t18-/m0/s1. The molecular formula is C25H31F4N3O4. The summed E-state index contributed by atoms with van der Waals surface area (Å²) < 4.78 is 67.2. The van der Waals surface area contributed by atoms with Crippen molar-refractivity contribution in [3.8, 4) is 16.9 Å². The second-order valence-corrected chi connectivity index (χ2v) is 9.73. The fourth-order valence-corrected chi connectivity index (χ4v) is 3.37. The number of carbonyl (C=O) groups is 2. The van der Waals surface area contributed by atoms with Crippen molar-refractivity contribution in [2.75, 3.05) is 11.9 Å². The average molecular weight is 514 g/mol. The van der Waals surface area contributed by atoms with Crippen LogP contribution in [0.25, 0.3) is 11.1 Å². The average Bonchev–Trinajstić information content (AvgIpc) is 2.69. The molecule has 1 atom stereocenters. The lowest BCUT2D eigenvalue weighted by Gasteiger charge is -2.25. The Morgan fingerprint density at radius 2 is 1.75 bits per heavy atom. The van der Waals surface area contributed by atoms with Crippen LogP contribution in [-0.2, 0) is 15.7 Å². The van der Waals surface area contributed by atoms with Gasteiger partial charge in [-0.2, -0.15) is 13.2 Å². The number of nitrogens with zero attached hydrogens (tertiary/aromatic N) is 1. The first-order valence-electron chi connectivity index (χ1n) is 11.3. The summed E-state index contributed by atoms with van der Waals surface area (Å²) in [6.07, 6.45) is -4.03. The largest absolute Gasteiger partial charge is 0.488 e. The number of ether oxygens (including phenoxy) is 2. The van der Waals surface area contributed by atoms with Gasteiger partial charge in [-0.25, -0.2) is 14.2 Å². The minimum absolute atomic E-state index is 0.0624. The molecule has 198 valence electrons. The van der Waals surface area contributed by atoms with Crippen LogP contribution in [0.5, 0.6) is 5.75 Å². The van der Waals surface area contributed by atoms with Gasteiger partial charge >= 0.3 is 12.3 Å². The molecule has 0 saturated heterocycles. The Hall–Kier alpha value is -3.37. The van der Waals surface area contributed by atoms with Crippen molar-refractivity contribution in [3.63, 3.8) is 0 Å². The second-order valence-electron chi connectivity index (χ2n) is 9.73. The fraction of sp³-hybridized carbons (Fsp3) is 0.480. The molecule has 2 N–H and O–H groups in total. The summed E-state index contributed by atoms with van der Waals surface area (Å²) in [5.74, 6) is -2.44. The zero-order valence-corrected chi connectivity index (χ0v) is 21.0. The Balaban J connectivity index is 2.36. The van der Waals surface area contributed by atoms with Crippen molar-refractivity contribution in [3.05, 3.63) is 41.8 Å². The number of pyridine rings is 1. The number of nitrogens with one attached hydrogen (secondary N) is 2. The lowest BCUT2D eigenvalue weighted by molar-refractivity contribution is -0.139. The van der Waals surface area contributed by atoms with Crippen LogP contribution in [0.4, 0.5) is 28.2 Å². The molecule has 11 heteroatoms. The van der Waals surface area contributed by atoms with Gasteiger partial charge in [0.1, 0.15) is 23.6 Å². The van der Waals surface area contributed by atoms with E-state index in [4.69, 9.17) is 9.47 Å². The number of hydrogen-bond acceptors (Lipinski definition) is 5. The summed E-state index contributed by atoms with van der Waals surface area (Å²) in [7, 11) is 0. The molecule has 0 radical (unpaired) electrons. The monoisotopic (exact) mass is 513 g/mol. The molecule has 7 nitrogen and oxygen atoms in total. The van der Waals surface area contributed by atoms with E-state index in [1.807, 2.05) is 13.8 Å². The van der Waals surface area contributed by atoms with Gasteiger partial charge in [-0.15, -0.1) is 0 Å². The molecular weight excluding hydrogens is 482 g/mol. The summed E-state index contributed by atoms with van der Waals surface area (Å²) in [5, 5.41) is 5.01. The maximum Gasteiger partial charge on any atom is 0.420 e. The van der Waals surface area contributed by atoms with Gasteiger partial charge in [0, 0.05) is 13.1 Å². The Bertz CT molecular complexity index is 1080. The summed E-state index contributed by atoms with van der Waals surface area (Å²) in [4.78, 5) is 27.4. The maximum atomic E-state index is 15.0. The first-order chi connectivity index (χ1) is 16.5. The van der Waals surface area contributed by atoms with E-state index < -0.39 is 53.6 Å². The molecule has 0 aliphatic heterocycles. The minimum Gasteiger partial charge on any atom is -0.488 e. The maximum absolute atomic E-state index is 15.0. The molecule has 36 heavy (non-hydrogen) atoms. The van der Waals surface area contributed by atoms with E-state index in [0.29, 0.717) is 6.42 Å². The first-order valence-corrected chi connectivity index (χ1v) is 11.3. The first kappa shape index (κ1) is 28.9. The molecule has 2 rings (SSSR count). The number of benzene rings is 1. The molecule has 0 unspecified atom stereocenters. The zero-order chi connectivity index (χ0) is 27.3. The second kappa shape index (κ2) is 11.6. The third-order valence-corrected chi connectivity index (χ3v) is 4.65. The van der Waals surface area contributed by atoms with E-state index in [9.17, 15) is 22.8 Å². The molecule has 0 spiro atoms. The number of halogens is 4. The summed E-state index contributed by atoms with van der Waals surface area (Å²) in [6, 6.07) is 3.69. The van der Waals surface area contributed by atoms with Crippen LogP contribution >= 0.6 is 0 Å². The fourth-order valence-electron chi connectivity index (χ4n) is 3.37. The predicted octanol–water partition coefficient (Wildman–Crippen LogP) is 6.18. The SMILES string of the molecule is CC(=O)Nc1cc(-c2cc(F)c(OC[C@H](CC(C)C)NC(=O)OC(C)(C)C)c(C(F)(F)F)c2)ccn1. The number of rotatable bonds is 8. The number of carbonyl (C=O) groups excluding carboxylic acids is 2. The van der Waals surface area contributed by atoms with Gasteiger partial charge < -0.3 is 20.1 Å². The van der Waals surface area contributed by atoms with Crippen LogP contribution < -0.4 is 15.4 Å². The molecule has 0 bridgehead atoms. The molecule has 1 heterocycles. The molecule has 0 aliphatic rings. The van der Waals surface area contributed by atoms with Crippen LogP contribution in [-0.4, -0.2) is 35.2 Å². The predicted molar refractivity (Wildman–Crippen MR) is 127 cm³/mol. The molecule has 2 amide bonds. The van der Waals surface area contributed by atoms with E-state index in [2.05, 4.69) is 15.6 Å². The van der Waals surface area contributed by atoms with Gasteiger partial charge in [-0.1, -0.05) is 13.8 Å². The number of hydrogen-bond donors (Lipinski definition) is 2. The van der Waals surface area contributed by atoms with E-state index in [1.54, 1.807) is 20.8 Å². The highest BCUT2D eigenvalue weighted by molar-refractivity contribution is 5.88. The normalized spacial score (nSPS) is 12.8. The number of aromatic nitrogens is 1. The topological polar surface area (TPSA) is 89.6 Å². The minimum atomic E-state index is -4.92. The van der Waals surface area contributed by atoms with E-state index in [-0.39, 0.29) is 22.9 Å². The highest BCUT2D eigenvalue weighted by atomic mass is 19.4. The van der Waals surface area contributed by atoms with E-state index in [0.717, 1.165) is 12.1 Å². The van der Waals surface area contributed by atoms with Crippen LogP contribution in [0, 0.1) is 11.7 Å². The Morgan fingerprint density at radius 3 is 2.31 bits per heavy atom. The number of anilines is 1. The van der Waals surface area contributed by atoms with E-state index in [1.165, 1.54) is 25.3 Å². The van der Waals surface area contributed by atoms with Crippen molar-refractivity contribution < 1.29 is 36.6 Å². The summed E-state index contributed by atoms with van der Waals surface area (Å²) in [5.41, 5.74) is -1.94. The zero-order valence-electron chi connectivity index (χ0n) is 21.0. The van der Waals surface area contributed by atoms with E-state index >= 15 is 4.39 Å². The lowest BCUT2D eigenvalue weighted by Crippen LogP contribution is -2.43. The number of alkyl carbamates (subject to hydrolysis) is 1. The molecule has 0 aliphatic carbocycles. The summed E-state index contributed by atoms with van der Waals surface area (Å²) >= 11 is 0. The molecule has 1 aromatic heterocycles. The number of alkyl halides is 3. The number of amides is 2. The van der Waals surface area contributed by atoms with Crippen molar-refractivity contribution in [1.29, 1.82) is 0 Å². The smallest absolute Gasteiger partial charge is 0.420 e. The van der Waals surface area contributed by atoms with Crippen molar-refractivity contribution in [1.82, 2.24) is 10.3 Å². The van der Waals surface area contributed by atoms with Gasteiger partial charge in [0.25, 0.3) is 0 Å². The van der Waals surface area contributed by atoms with Crippen LogP contribution in [0.1, 0.15) is 53.5 Å². The third-order valence-electron chi connectivity index (χ3n) is 4.65. The molecule has 0 saturated carbocycles. The van der Waals surface area contributed by atoms with Crippen molar-refractivity contribution in [2.24, 2.45) is 5.92 Å². The van der Waals surface area contributed by atoms with Crippen LogP contribution in [0.15, 0.2) is 30.5 Å². The quantitative estimate of drug-likeness (QED) is 0.411. The third kappa shape index (κ3) is 9.01. The van der Waals surface area contributed by atoms with Crippen LogP contribution in [0.2, 0.25) is 0 Å². The molecule has 2 aromatic rings. The lowest BCUT2D eigenvalue weighted by atomic mass is 10.0. The molecule has 0 fully saturated rings. The highest BCUT2D eigenvalue weighted by Gasteiger charge is 2.37. The Labute approximate surface area is 207 Å². The summed E-state index contributed by atoms with van der Waals surface area (Å²) in [6.45, 7) is 9.61. The Morgan fingerprint density at radius 1 is 1.08 bits per heavy atom. The van der Waals surface area contributed by atoms with Gasteiger partial charge in [-0.3, -0.25) is 4.79 Å².